The predicted molar refractivity (Wildman–Crippen MR) is 69.1 cm³/mol. The van der Waals surface area contributed by atoms with Crippen LogP contribution in [0.1, 0.15) is 13.8 Å². The fourth-order valence-electron chi connectivity index (χ4n) is 1.64. The molecule has 0 aliphatic carbocycles. The van der Waals surface area contributed by atoms with E-state index in [-0.39, 0.29) is 30.2 Å². The third-order valence-electron chi connectivity index (χ3n) is 2.73. The molecular formula is C10H14N4O3S. The molecule has 2 heterocycles. The molecule has 2 aromatic heterocycles. The molecule has 1 unspecified atom stereocenters. The monoisotopic (exact) mass is 270 g/mol. The van der Waals surface area contributed by atoms with Gasteiger partial charge in [0.2, 0.25) is 5.82 Å². The Hall–Kier alpha value is -1.67. The van der Waals surface area contributed by atoms with Crippen LogP contribution in [0.25, 0.3) is 4.96 Å². The van der Waals surface area contributed by atoms with Gasteiger partial charge in [-0.2, -0.15) is 9.38 Å². The Morgan fingerprint density at radius 3 is 2.94 bits per heavy atom. The number of aromatic nitrogens is 2. The maximum absolute atomic E-state index is 11.1. The van der Waals surface area contributed by atoms with Gasteiger partial charge in [0, 0.05) is 5.38 Å². The summed E-state index contributed by atoms with van der Waals surface area (Å²) in [5.41, 5.74) is 0. The fourth-order valence-corrected chi connectivity index (χ4v) is 2.35. The van der Waals surface area contributed by atoms with Crippen molar-refractivity contribution in [2.45, 2.75) is 19.9 Å². The van der Waals surface area contributed by atoms with E-state index in [1.54, 1.807) is 11.6 Å². The highest BCUT2D eigenvalue weighted by molar-refractivity contribution is 7.15. The molecule has 2 rings (SSSR count). The van der Waals surface area contributed by atoms with Crippen LogP contribution >= 0.6 is 11.3 Å². The first-order valence-corrected chi connectivity index (χ1v) is 6.40. The Morgan fingerprint density at radius 1 is 1.67 bits per heavy atom. The van der Waals surface area contributed by atoms with Crippen molar-refractivity contribution in [3.8, 4) is 0 Å². The molecule has 98 valence electrons. The number of hydrogen-bond acceptors (Lipinski definition) is 6. The highest BCUT2D eigenvalue weighted by atomic mass is 32.1. The van der Waals surface area contributed by atoms with Crippen molar-refractivity contribution in [2.75, 3.05) is 11.9 Å². The first kappa shape index (κ1) is 12.8. The number of imidazole rings is 1. The maximum atomic E-state index is 11.1. The molecule has 2 N–H and O–H groups in total. The van der Waals surface area contributed by atoms with E-state index in [0.29, 0.717) is 4.96 Å². The van der Waals surface area contributed by atoms with E-state index in [1.165, 1.54) is 15.7 Å². The minimum absolute atomic E-state index is 0.0923. The van der Waals surface area contributed by atoms with Crippen LogP contribution in [-0.2, 0) is 0 Å². The fraction of sp³-hybridized carbons (Fsp3) is 0.500. The van der Waals surface area contributed by atoms with E-state index in [2.05, 4.69) is 10.3 Å². The Morgan fingerprint density at radius 2 is 2.39 bits per heavy atom. The van der Waals surface area contributed by atoms with Crippen LogP contribution in [0, 0.1) is 16.0 Å². The Kier molecular flexibility index (Phi) is 3.48. The number of rotatable bonds is 5. The summed E-state index contributed by atoms with van der Waals surface area (Å²) >= 11 is 1.33. The number of anilines is 1. The second-order valence-electron chi connectivity index (χ2n) is 4.27. The van der Waals surface area contributed by atoms with Gasteiger partial charge >= 0.3 is 5.82 Å². The summed E-state index contributed by atoms with van der Waals surface area (Å²) < 4.78 is 1.43. The molecule has 0 radical (unpaired) electrons. The van der Waals surface area contributed by atoms with Crippen LogP contribution in [0.2, 0.25) is 0 Å². The lowest BCUT2D eigenvalue weighted by Gasteiger charge is -2.19. The van der Waals surface area contributed by atoms with Crippen molar-refractivity contribution in [1.82, 2.24) is 9.38 Å². The molecule has 0 saturated carbocycles. The van der Waals surface area contributed by atoms with Gasteiger partial charge < -0.3 is 20.5 Å². The smallest absolute Gasteiger partial charge is 0.372 e. The number of fused-ring (bicyclic) bond motifs is 1. The summed E-state index contributed by atoms with van der Waals surface area (Å²) in [6.07, 6.45) is 1.61. The summed E-state index contributed by atoms with van der Waals surface area (Å²) in [4.78, 5) is 15.4. The normalized spacial score (nSPS) is 13.1. The summed E-state index contributed by atoms with van der Waals surface area (Å²) in [5, 5.41) is 25.0. The standard InChI is InChI=1S/C10H14N4O3S/c1-6(2)7(5-15)11-8-9(14(16)17)13-3-4-18-10(13)12-8/h3-4,6-7,11,15H,5H2,1-2H3. The van der Waals surface area contributed by atoms with Gasteiger partial charge in [0.05, 0.1) is 12.6 Å². The first-order valence-electron chi connectivity index (χ1n) is 5.52. The lowest BCUT2D eigenvalue weighted by molar-refractivity contribution is -0.389. The number of nitrogens with zero attached hydrogens (tertiary/aromatic N) is 3. The molecule has 0 spiro atoms. The number of nitrogens with one attached hydrogen (secondary N) is 1. The summed E-state index contributed by atoms with van der Waals surface area (Å²) in [7, 11) is 0. The van der Waals surface area contributed by atoms with Gasteiger partial charge in [-0.1, -0.05) is 25.2 Å². The number of nitro groups is 1. The zero-order valence-electron chi connectivity index (χ0n) is 10.0. The molecule has 0 fully saturated rings. The predicted octanol–water partition coefficient (Wildman–Crippen LogP) is 1.73. The molecule has 8 heteroatoms. The van der Waals surface area contributed by atoms with Crippen LogP contribution < -0.4 is 5.32 Å². The van der Waals surface area contributed by atoms with Crippen molar-refractivity contribution in [3.05, 3.63) is 21.7 Å². The molecule has 0 aliphatic rings. The van der Waals surface area contributed by atoms with E-state index in [0.717, 1.165) is 0 Å². The molecule has 0 amide bonds. The zero-order valence-corrected chi connectivity index (χ0v) is 10.8. The van der Waals surface area contributed by atoms with Crippen molar-refractivity contribution in [1.29, 1.82) is 0 Å². The van der Waals surface area contributed by atoms with Crippen molar-refractivity contribution in [2.24, 2.45) is 5.92 Å². The second-order valence-corrected chi connectivity index (χ2v) is 5.15. The van der Waals surface area contributed by atoms with E-state index < -0.39 is 4.92 Å². The average molecular weight is 270 g/mol. The molecule has 18 heavy (non-hydrogen) atoms. The summed E-state index contributed by atoms with van der Waals surface area (Å²) in [5.74, 6) is 0.263. The van der Waals surface area contributed by atoms with E-state index in [9.17, 15) is 15.2 Å². The van der Waals surface area contributed by atoms with Crippen LogP contribution in [0.3, 0.4) is 0 Å². The average Bonchev–Trinajstić information content (AvgIpc) is 2.83. The Balaban J connectivity index is 2.40. The quantitative estimate of drug-likeness (QED) is 0.637. The highest BCUT2D eigenvalue weighted by Crippen LogP contribution is 2.29. The molecular weight excluding hydrogens is 256 g/mol. The van der Waals surface area contributed by atoms with Crippen LogP contribution in [0.15, 0.2) is 11.6 Å². The lowest BCUT2D eigenvalue weighted by Crippen LogP contribution is -2.29. The van der Waals surface area contributed by atoms with Crippen LogP contribution in [0.5, 0.6) is 0 Å². The first-order chi connectivity index (χ1) is 8.54. The Bertz CT molecular complexity index is 562. The van der Waals surface area contributed by atoms with Gasteiger partial charge in [-0.15, -0.1) is 0 Å². The lowest BCUT2D eigenvalue weighted by atomic mass is 10.1. The van der Waals surface area contributed by atoms with Gasteiger partial charge in [0.1, 0.15) is 6.20 Å². The number of hydrogen-bond donors (Lipinski definition) is 2. The molecule has 1 atom stereocenters. The molecule has 0 aliphatic heterocycles. The largest absolute Gasteiger partial charge is 0.394 e. The number of aliphatic hydroxyl groups excluding tert-OH is 1. The molecule has 0 aromatic carbocycles. The topological polar surface area (TPSA) is 92.7 Å². The Labute approximate surface area is 107 Å². The third-order valence-corrected chi connectivity index (χ3v) is 3.49. The van der Waals surface area contributed by atoms with E-state index in [4.69, 9.17) is 0 Å². The molecule has 2 aromatic rings. The maximum Gasteiger partial charge on any atom is 0.372 e. The highest BCUT2D eigenvalue weighted by Gasteiger charge is 2.26. The van der Waals surface area contributed by atoms with E-state index >= 15 is 0 Å². The van der Waals surface area contributed by atoms with Crippen LogP contribution in [0.4, 0.5) is 11.6 Å². The number of aliphatic hydroxyl groups is 1. The summed E-state index contributed by atoms with van der Waals surface area (Å²) in [6.45, 7) is 3.76. The zero-order chi connectivity index (χ0) is 13.3. The number of thiazole rings is 1. The van der Waals surface area contributed by atoms with Gasteiger partial charge in [0.25, 0.3) is 4.96 Å². The minimum atomic E-state index is -0.468. The third kappa shape index (κ3) is 2.16. The minimum Gasteiger partial charge on any atom is -0.394 e. The van der Waals surface area contributed by atoms with Crippen molar-refractivity contribution >= 4 is 27.9 Å². The SMILES string of the molecule is CC(C)C(CO)Nc1nc2sccn2c1[N+](=O)[O-]. The van der Waals surface area contributed by atoms with Crippen molar-refractivity contribution in [3.63, 3.8) is 0 Å². The van der Waals surface area contributed by atoms with Crippen LogP contribution in [-0.4, -0.2) is 32.1 Å². The summed E-state index contributed by atoms with van der Waals surface area (Å²) in [6, 6.07) is -0.256. The van der Waals surface area contributed by atoms with E-state index in [1.807, 2.05) is 13.8 Å². The molecule has 0 saturated heterocycles. The van der Waals surface area contributed by atoms with Gasteiger partial charge in [-0.05, 0) is 10.8 Å². The van der Waals surface area contributed by atoms with Gasteiger partial charge in [-0.3, -0.25) is 0 Å². The second kappa shape index (κ2) is 4.91. The van der Waals surface area contributed by atoms with Crippen molar-refractivity contribution < 1.29 is 10.0 Å². The molecule has 7 nitrogen and oxygen atoms in total. The van der Waals surface area contributed by atoms with Gasteiger partial charge in [-0.25, -0.2) is 0 Å². The van der Waals surface area contributed by atoms with Gasteiger partial charge in [0.15, 0.2) is 0 Å². The molecule has 0 bridgehead atoms.